The van der Waals surface area contributed by atoms with Crippen LogP contribution in [0.2, 0.25) is 0 Å². The Balaban J connectivity index is 0.000000186. The second-order valence-electron chi connectivity index (χ2n) is 21.8. The van der Waals surface area contributed by atoms with Gasteiger partial charge in [0, 0.05) is 16.7 Å². The number of halogens is 1. The van der Waals surface area contributed by atoms with Crippen LogP contribution in [-0.4, -0.2) is 104 Å². The number of Topliss-reactive ketones (excluding diaryl/α,β-unsaturated/α-hetero) is 1. The number of piperidine rings is 1. The molecule has 3 aromatic carbocycles. The Morgan fingerprint density at radius 1 is 0.897 bits per heavy atom. The summed E-state index contributed by atoms with van der Waals surface area (Å²) in [5.41, 5.74) is -1.03. The van der Waals surface area contributed by atoms with Gasteiger partial charge in [-0.1, -0.05) is 105 Å². The average molecular weight is 936 g/mol. The SMILES string of the molecule is CC(C)(C(=O)O)c1ccc(C(O)CCCN2CCC(C(O)(c3ccccc3)c3ccccc3)CC2)cc1.CC1(C)O[C@@H]2C[C@H]3[C@@H]4C[C@H](F)C5=CC(=O)C=C[C@]5(C)[C@H]4[C@@H](O)C[C@]3(C)[C@]2(C(=O)CO)O1. The number of allylic oxidation sites excluding steroid dienone is 4. The molecule has 366 valence electrons. The number of nitrogens with zero attached hydrogens (tertiary/aromatic N) is 1. The highest BCUT2D eigenvalue weighted by molar-refractivity contribution is 6.01. The van der Waals surface area contributed by atoms with Crippen molar-refractivity contribution in [3.05, 3.63) is 131 Å². The minimum absolute atomic E-state index is 0.125. The molecule has 0 spiro atoms. The van der Waals surface area contributed by atoms with Gasteiger partial charge in [0.2, 0.25) is 0 Å². The maximum absolute atomic E-state index is 15.4. The van der Waals surface area contributed by atoms with Gasteiger partial charge in [-0.15, -0.1) is 0 Å². The molecule has 0 radical (unpaired) electrons. The smallest absolute Gasteiger partial charge is 0.313 e. The summed E-state index contributed by atoms with van der Waals surface area (Å²) in [4.78, 5) is 39.0. The van der Waals surface area contributed by atoms with E-state index in [0.29, 0.717) is 18.4 Å². The van der Waals surface area contributed by atoms with Crippen LogP contribution < -0.4 is 0 Å². The summed E-state index contributed by atoms with van der Waals surface area (Å²) in [6, 6.07) is 27.3. The van der Waals surface area contributed by atoms with Gasteiger partial charge >= 0.3 is 5.97 Å². The zero-order valence-corrected chi connectivity index (χ0v) is 40.3. The number of benzene rings is 3. The number of carbonyl (C=O) groups is 3. The number of rotatable bonds is 12. The fourth-order valence-electron chi connectivity index (χ4n) is 13.6. The average Bonchev–Trinajstić information content (AvgIpc) is 3.74. The van der Waals surface area contributed by atoms with Crippen molar-refractivity contribution in [2.75, 3.05) is 26.2 Å². The van der Waals surface area contributed by atoms with E-state index in [1.54, 1.807) is 45.9 Å². The van der Waals surface area contributed by atoms with Gasteiger partial charge < -0.3 is 39.9 Å². The first-order chi connectivity index (χ1) is 32.1. The second-order valence-corrected chi connectivity index (χ2v) is 21.8. The fourth-order valence-corrected chi connectivity index (χ4v) is 13.6. The van der Waals surface area contributed by atoms with Crippen molar-refractivity contribution >= 4 is 17.5 Å². The molecule has 12 heteroatoms. The molecule has 5 fully saturated rings. The van der Waals surface area contributed by atoms with Gasteiger partial charge in [0.15, 0.2) is 23.0 Å². The van der Waals surface area contributed by atoms with Crippen molar-refractivity contribution in [2.45, 2.75) is 133 Å². The predicted molar refractivity (Wildman–Crippen MR) is 255 cm³/mol. The van der Waals surface area contributed by atoms with E-state index >= 15 is 4.39 Å². The highest BCUT2D eigenvalue weighted by Gasteiger charge is 2.77. The van der Waals surface area contributed by atoms with Crippen LogP contribution in [0, 0.1) is 34.5 Å². The van der Waals surface area contributed by atoms with Crippen LogP contribution in [-0.2, 0) is 34.9 Å². The van der Waals surface area contributed by atoms with E-state index < -0.39 is 76.1 Å². The van der Waals surface area contributed by atoms with Crippen LogP contribution in [0.5, 0.6) is 0 Å². The minimum Gasteiger partial charge on any atom is -0.481 e. The molecule has 2 aliphatic heterocycles. The Morgan fingerprint density at radius 3 is 2.07 bits per heavy atom. The zero-order chi connectivity index (χ0) is 49.0. The number of aliphatic hydroxyl groups is 4. The lowest BCUT2D eigenvalue weighted by Crippen LogP contribution is -2.64. The summed E-state index contributed by atoms with van der Waals surface area (Å²) in [5.74, 6) is -3.01. The number of fused-ring (bicyclic) bond motifs is 7. The Morgan fingerprint density at radius 2 is 1.50 bits per heavy atom. The van der Waals surface area contributed by atoms with E-state index in [2.05, 4.69) is 4.90 Å². The predicted octanol–water partition coefficient (Wildman–Crippen LogP) is 7.79. The number of hydrogen-bond acceptors (Lipinski definition) is 10. The lowest BCUT2D eigenvalue weighted by atomic mass is 9.46. The number of carboxylic acids is 1. The molecule has 2 heterocycles. The van der Waals surface area contributed by atoms with Gasteiger partial charge in [-0.2, -0.15) is 0 Å². The summed E-state index contributed by atoms with van der Waals surface area (Å²) in [6.07, 6.45) is 5.66. The third kappa shape index (κ3) is 8.56. The molecule has 11 nitrogen and oxygen atoms in total. The molecule has 68 heavy (non-hydrogen) atoms. The van der Waals surface area contributed by atoms with Crippen molar-refractivity contribution in [1.82, 2.24) is 4.90 Å². The molecular weight excluding hydrogens is 866 g/mol. The Kier molecular flexibility index (Phi) is 13.8. The summed E-state index contributed by atoms with van der Waals surface area (Å²) in [6.45, 7) is 12.8. The topological polar surface area (TPSA) is 174 Å². The number of likely N-dealkylation sites (tertiary alicyclic amines) is 1. The molecule has 2 saturated heterocycles. The van der Waals surface area contributed by atoms with Gasteiger partial charge in [-0.05, 0) is 150 Å². The van der Waals surface area contributed by atoms with Crippen LogP contribution in [0.25, 0.3) is 0 Å². The highest BCUT2D eigenvalue weighted by atomic mass is 19.1. The monoisotopic (exact) mass is 935 g/mol. The van der Waals surface area contributed by atoms with E-state index in [0.717, 1.165) is 61.2 Å². The number of hydrogen-bond donors (Lipinski definition) is 5. The van der Waals surface area contributed by atoms with Crippen molar-refractivity contribution in [3.8, 4) is 0 Å². The molecule has 10 atom stereocenters. The van der Waals surface area contributed by atoms with Gasteiger partial charge in [0.05, 0.1) is 23.7 Å². The molecule has 1 unspecified atom stereocenters. The molecule has 0 aromatic heterocycles. The number of ketones is 2. The highest BCUT2D eigenvalue weighted by Crippen LogP contribution is 2.70. The zero-order valence-electron chi connectivity index (χ0n) is 40.3. The lowest BCUT2D eigenvalue weighted by Gasteiger charge is -2.60. The maximum Gasteiger partial charge on any atom is 0.313 e. The van der Waals surface area contributed by atoms with Crippen molar-refractivity contribution in [3.63, 3.8) is 0 Å². The number of carboxylic acid groups (broad SMARTS) is 1. The maximum atomic E-state index is 15.4. The van der Waals surface area contributed by atoms with Gasteiger partial charge in [0.25, 0.3) is 0 Å². The largest absolute Gasteiger partial charge is 0.481 e. The third-order valence-electron chi connectivity index (χ3n) is 17.1. The van der Waals surface area contributed by atoms with Crippen LogP contribution in [0.3, 0.4) is 0 Å². The van der Waals surface area contributed by atoms with Crippen molar-refractivity contribution in [2.24, 2.45) is 34.5 Å². The summed E-state index contributed by atoms with van der Waals surface area (Å²) < 4.78 is 27.9. The van der Waals surface area contributed by atoms with E-state index in [1.807, 2.05) is 86.6 Å². The first-order valence-electron chi connectivity index (χ1n) is 24.5. The van der Waals surface area contributed by atoms with E-state index in [-0.39, 0.29) is 42.3 Å². The van der Waals surface area contributed by atoms with Crippen LogP contribution in [0.1, 0.15) is 115 Å². The molecule has 9 rings (SSSR count). The number of carbonyl (C=O) groups excluding carboxylic acids is 2. The second kappa shape index (κ2) is 18.7. The standard InChI is InChI=1S/C32H39NO4.C24H31FO6/c1-31(2,30(35)36)25-17-15-24(16-18-25)29(34)14-9-21-33-22-19-28(20-23-33)32(37,26-10-5-3-6-11-26)27-12-7-4-8-13-27;1-21(2)30-19-9-14-13-8-16(25)15-7-12(27)5-6-22(15,3)20(13)17(28)10-23(14,4)24(19,31-21)18(29)11-26/h3-8,10-13,15-18,28-29,34,37H,9,14,19-23H2,1-2H3,(H,35,36);5-7,13-14,16-17,19-20,26,28H,8-11H2,1-4H3/t;13-,14-,16-,17-,19+,20+,22-,23-,24+/m.0/s1. The summed E-state index contributed by atoms with van der Waals surface area (Å²) in [7, 11) is 0. The molecule has 5 N–H and O–H groups in total. The summed E-state index contributed by atoms with van der Waals surface area (Å²) >= 11 is 0. The van der Waals surface area contributed by atoms with Crippen molar-refractivity contribution in [1.29, 1.82) is 0 Å². The van der Waals surface area contributed by atoms with E-state index in [1.165, 1.54) is 12.2 Å². The first kappa shape index (κ1) is 50.0. The van der Waals surface area contributed by atoms with Crippen LogP contribution in [0.15, 0.2) is 109 Å². The number of aliphatic carboxylic acids is 1. The Bertz CT molecular complexity index is 2340. The molecule has 6 aliphatic rings. The quantitative estimate of drug-likeness (QED) is 0.120. The first-order valence-corrected chi connectivity index (χ1v) is 24.5. The van der Waals surface area contributed by atoms with E-state index in [4.69, 9.17) is 9.47 Å². The lowest BCUT2D eigenvalue weighted by molar-refractivity contribution is -0.226. The fraction of sp³-hybridized carbons (Fsp3) is 0.554. The Hall–Kier alpha value is -4.40. The van der Waals surface area contributed by atoms with Crippen molar-refractivity contribution < 1.29 is 53.8 Å². The Labute approximate surface area is 400 Å². The molecular formula is C56H70FNO10. The molecule has 3 saturated carbocycles. The van der Waals surface area contributed by atoms with Gasteiger partial charge in [-0.25, -0.2) is 4.39 Å². The van der Waals surface area contributed by atoms with Crippen LogP contribution in [0.4, 0.5) is 4.39 Å². The number of aliphatic hydroxyl groups excluding tert-OH is 3. The molecule has 3 aromatic rings. The van der Waals surface area contributed by atoms with Gasteiger partial charge in [0.1, 0.15) is 18.4 Å². The minimum atomic E-state index is -1.37. The van der Waals surface area contributed by atoms with Crippen LogP contribution >= 0.6 is 0 Å². The van der Waals surface area contributed by atoms with E-state index in [9.17, 15) is 39.9 Å². The molecule has 0 bridgehead atoms. The third-order valence-corrected chi connectivity index (χ3v) is 17.1. The van der Waals surface area contributed by atoms with Gasteiger partial charge in [-0.3, -0.25) is 14.4 Å². The molecule has 0 amide bonds. The summed E-state index contributed by atoms with van der Waals surface area (Å²) in [5, 5.41) is 53.4. The number of alkyl halides is 1. The molecule has 4 aliphatic carbocycles. The normalized spacial score (nSPS) is 32.7. The number of ether oxygens (including phenoxy) is 2.